The number of amides is 1. The largest absolute Gasteiger partial charge is 0.426 e. The Hall–Kier alpha value is -2.06. The van der Waals surface area contributed by atoms with Crippen LogP contribution in [-0.4, -0.2) is 26.3 Å². The molecule has 23 heavy (non-hydrogen) atoms. The molecule has 1 aromatic carbocycles. The molecular weight excluding hydrogens is 336 g/mol. The molecule has 0 fully saturated rings. The van der Waals surface area contributed by atoms with E-state index in [1.54, 1.807) is 18.2 Å². The zero-order chi connectivity index (χ0) is 17.0. The second-order valence-electron chi connectivity index (χ2n) is 4.87. The van der Waals surface area contributed by atoms with Gasteiger partial charge in [0.1, 0.15) is 9.96 Å². The summed E-state index contributed by atoms with van der Waals surface area (Å²) in [6, 6.07) is 6.43. The van der Waals surface area contributed by atoms with Crippen LogP contribution in [0.2, 0.25) is 0 Å². The lowest BCUT2D eigenvalue weighted by Gasteiger charge is -2.07. The van der Waals surface area contributed by atoms with Gasteiger partial charge in [0, 0.05) is 12.2 Å². The van der Waals surface area contributed by atoms with E-state index in [0.717, 1.165) is 11.3 Å². The van der Waals surface area contributed by atoms with Gasteiger partial charge < -0.3 is 4.74 Å². The Bertz CT molecular complexity index is 755. The second-order valence-corrected chi connectivity index (χ2v) is 8.14. The fraction of sp³-hybridized carbons (Fsp3) is 0.267. The Morgan fingerprint density at radius 1 is 1.30 bits per heavy atom. The van der Waals surface area contributed by atoms with Crippen molar-refractivity contribution in [2.24, 2.45) is 0 Å². The number of hydrogen-bond donors (Lipinski definition) is 1. The van der Waals surface area contributed by atoms with Gasteiger partial charge >= 0.3 is 5.97 Å². The van der Waals surface area contributed by atoms with Crippen LogP contribution in [0.15, 0.2) is 34.7 Å². The molecule has 2 aromatic rings. The first-order valence-corrected chi connectivity index (χ1v) is 8.86. The first-order chi connectivity index (χ1) is 10.9. The van der Waals surface area contributed by atoms with Gasteiger partial charge in [-0.1, -0.05) is 37.3 Å². The number of para-hydroxylation sites is 1. The SMILES string of the molecule is CC(=O)Oc1ccccc1C(=O)Nc1ncc(S(=O)C(C)C)s1. The number of nitrogens with zero attached hydrogens (tertiary/aromatic N) is 1. The number of rotatable bonds is 5. The Balaban J connectivity index is 2.17. The molecule has 1 amide bonds. The quantitative estimate of drug-likeness (QED) is 0.660. The van der Waals surface area contributed by atoms with E-state index in [-0.39, 0.29) is 16.6 Å². The predicted molar refractivity (Wildman–Crippen MR) is 89.4 cm³/mol. The average Bonchev–Trinajstić information content (AvgIpc) is 2.94. The number of anilines is 1. The second kappa shape index (κ2) is 7.47. The Labute approximate surface area is 140 Å². The summed E-state index contributed by atoms with van der Waals surface area (Å²) in [7, 11) is -1.15. The lowest BCUT2D eigenvalue weighted by molar-refractivity contribution is -0.131. The number of carbonyl (C=O) groups excluding carboxylic acids is 2. The summed E-state index contributed by atoms with van der Waals surface area (Å²) < 4.78 is 17.6. The molecule has 122 valence electrons. The fourth-order valence-corrected chi connectivity index (χ4v) is 4.01. The summed E-state index contributed by atoms with van der Waals surface area (Å²) in [5.41, 5.74) is 0.226. The standard InChI is InChI=1S/C15H16N2O4S2/c1-9(2)23(20)13-8-16-15(22-13)17-14(19)11-6-4-5-7-12(11)21-10(3)18/h4-9H,1-3H3,(H,16,17,19). The highest BCUT2D eigenvalue weighted by Gasteiger charge is 2.17. The number of nitrogens with one attached hydrogen (secondary N) is 1. The van der Waals surface area contributed by atoms with Crippen molar-refractivity contribution >= 4 is 39.1 Å². The number of ether oxygens (including phenoxy) is 1. The van der Waals surface area contributed by atoms with Gasteiger partial charge in [0.25, 0.3) is 5.91 Å². The molecule has 1 aromatic heterocycles. The van der Waals surface area contributed by atoms with Crippen molar-refractivity contribution in [3.63, 3.8) is 0 Å². The average molecular weight is 352 g/mol. The van der Waals surface area contributed by atoms with E-state index in [1.807, 2.05) is 13.8 Å². The maximum Gasteiger partial charge on any atom is 0.308 e. The van der Waals surface area contributed by atoms with Gasteiger partial charge in [-0.3, -0.25) is 19.1 Å². The van der Waals surface area contributed by atoms with Gasteiger partial charge in [-0.05, 0) is 12.1 Å². The van der Waals surface area contributed by atoms with Crippen molar-refractivity contribution in [3.05, 3.63) is 36.0 Å². The third-order valence-electron chi connectivity index (χ3n) is 2.72. The minimum Gasteiger partial charge on any atom is -0.426 e. The molecule has 6 nitrogen and oxygen atoms in total. The summed E-state index contributed by atoms with van der Waals surface area (Å²) in [6.45, 7) is 4.97. The smallest absolute Gasteiger partial charge is 0.308 e. The zero-order valence-corrected chi connectivity index (χ0v) is 14.5. The lowest BCUT2D eigenvalue weighted by Crippen LogP contribution is -2.14. The highest BCUT2D eigenvalue weighted by atomic mass is 32.2. The summed E-state index contributed by atoms with van der Waals surface area (Å²) in [5, 5.41) is 2.95. The molecule has 1 heterocycles. The number of hydrogen-bond acceptors (Lipinski definition) is 6. The van der Waals surface area contributed by atoms with E-state index in [9.17, 15) is 13.8 Å². The van der Waals surface area contributed by atoms with Crippen LogP contribution in [-0.2, 0) is 15.6 Å². The lowest BCUT2D eigenvalue weighted by atomic mass is 10.2. The number of thiazole rings is 1. The summed E-state index contributed by atoms with van der Waals surface area (Å²) >= 11 is 1.16. The van der Waals surface area contributed by atoms with E-state index >= 15 is 0 Å². The van der Waals surface area contributed by atoms with E-state index in [2.05, 4.69) is 10.3 Å². The van der Waals surface area contributed by atoms with E-state index in [4.69, 9.17) is 4.74 Å². The molecule has 0 spiro atoms. The van der Waals surface area contributed by atoms with Gasteiger partial charge in [-0.15, -0.1) is 0 Å². The molecule has 1 unspecified atom stereocenters. The van der Waals surface area contributed by atoms with Gasteiger partial charge in [0.2, 0.25) is 0 Å². The molecule has 0 saturated carbocycles. The minimum atomic E-state index is -1.15. The first kappa shape index (κ1) is 17.3. The van der Waals surface area contributed by atoms with Gasteiger partial charge in [-0.25, -0.2) is 4.98 Å². The van der Waals surface area contributed by atoms with E-state index < -0.39 is 22.7 Å². The fourth-order valence-electron chi connectivity index (χ4n) is 1.70. The van der Waals surface area contributed by atoms with Crippen LogP contribution in [0.5, 0.6) is 5.75 Å². The molecule has 2 rings (SSSR count). The van der Waals surface area contributed by atoms with Gasteiger partial charge in [0.05, 0.1) is 22.6 Å². The van der Waals surface area contributed by atoms with Crippen molar-refractivity contribution in [2.75, 3.05) is 5.32 Å². The molecule has 0 bridgehead atoms. The molecule has 0 aliphatic rings. The van der Waals surface area contributed by atoms with Crippen LogP contribution < -0.4 is 10.1 Å². The van der Waals surface area contributed by atoms with Crippen molar-refractivity contribution in [1.82, 2.24) is 4.98 Å². The molecule has 0 aliphatic carbocycles. The maximum atomic E-state index is 12.3. The third-order valence-corrected chi connectivity index (χ3v) is 5.53. The molecule has 0 radical (unpaired) electrons. The van der Waals surface area contributed by atoms with Gasteiger partial charge in [-0.2, -0.15) is 0 Å². The predicted octanol–water partition coefficient (Wildman–Crippen LogP) is 2.84. The van der Waals surface area contributed by atoms with E-state index in [0.29, 0.717) is 9.34 Å². The normalized spacial score (nSPS) is 12.0. The third kappa shape index (κ3) is 4.46. The topological polar surface area (TPSA) is 85.4 Å². The van der Waals surface area contributed by atoms with Crippen LogP contribution >= 0.6 is 11.3 Å². The Morgan fingerprint density at radius 3 is 2.65 bits per heavy atom. The highest BCUT2D eigenvalue weighted by molar-refractivity contribution is 7.88. The van der Waals surface area contributed by atoms with Crippen LogP contribution in [0.4, 0.5) is 5.13 Å². The van der Waals surface area contributed by atoms with Crippen LogP contribution in [0, 0.1) is 0 Å². The number of benzene rings is 1. The van der Waals surface area contributed by atoms with Crippen molar-refractivity contribution in [2.45, 2.75) is 30.2 Å². The van der Waals surface area contributed by atoms with Crippen LogP contribution in [0.25, 0.3) is 0 Å². The molecule has 1 atom stereocenters. The van der Waals surface area contributed by atoms with Gasteiger partial charge in [0.15, 0.2) is 5.13 Å². The first-order valence-electron chi connectivity index (χ1n) is 6.83. The number of carbonyl (C=O) groups is 2. The summed E-state index contributed by atoms with van der Waals surface area (Å²) in [6.07, 6.45) is 1.49. The summed E-state index contributed by atoms with van der Waals surface area (Å²) in [4.78, 5) is 27.5. The molecule has 0 saturated heterocycles. The highest BCUT2D eigenvalue weighted by Crippen LogP contribution is 2.25. The van der Waals surface area contributed by atoms with Crippen LogP contribution in [0.3, 0.4) is 0 Å². The van der Waals surface area contributed by atoms with Crippen LogP contribution in [0.1, 0.15) is 31.1 Å². The molecule has 0 aliphatic heterocycles. The molecule has 8 heteroatoms. The zero-order valence-electron chi connectivity index (χ0n) is 12.9. The molecular formula is C15H16N2O4S2. The molecule has 1 N–H and O–H groups in total. The van der Waals surface area contributed by atoms with E-state index in [1.165, 1.54) is 19.2 Å². The number of aromatic nitrogens is 1. The monoisotopic (exact) mass is 352 g/mol. The Kier molecular flexibility index (Phi) is 5.62. The van der Waals surface area contributed by atoms with Crippen molar-refractivity contribution < 1.29 is 18.5 Å². The van der Waals surface area contributed by atoms with Crippen molar-refractivity contribution in [3.8, 4) is 5.75 Å². The minimum absolute atomic E-state index is 0.0244. The Morgan fingerprint density at radius 2 is 2.00 bits per heavy atom. The summed E-state index contributed by atoms with van der Waals surface area (Å²) in [5.74, 6) is -0.771. The number of esters is 1. The van der Waals surface area contributed by atoms with Crippen molar-refractivity contribution in [1.29, 1.82) is 0 Å². The maximum absolute atomic E-state index is 12.3.